The summed E-state index contributed by atoms with van der Waals surface area (Å²) in [7, 11) is -3.43. The molecule has 0 bridgehead atoms. The van der Waals surface area contributed by atoms with Crippen LogP contribution in [0.15, 0.2) is 16.3 Å². The zero-order chi connectivity index (χ0) is 11.5. The van der Waals surface area contributed by atoms with Gasteiger partial charge >= 0.3 is 6.09 Å². The summed E-state index contributed by atoms with van der Waals surface area (Å²) in [5.41, 5.74) is 0. The second-order valence-electron chi connectivity index (χ2n) is 2.61. The van der Waals surface area contributed by atoms with Crippen molar-refractivity contribution in [2.45, 2.75) is 4.21 Å². The largest absolute Gasteiger partial charge is 0.465 e. The second kappa shape index (κ2) is 4.82. The molecule has 0 aliphatic heterocycles. The monoisotopic (exact) mass is 269 g/mol. The van der Waals surface area contributed by atoms with Gasteiger partial charge in [0.05, 0.1) is 10.1 Å². The molecule has 0 saturated heterocycles. The Morgan fingerprint density at radius 3 is 2.67 bits per heavy atom. The molecule has 0 spiro atoms. The molecule has 1 aromatic heterocycles. The molecule has 0 unspecified atom stereocenters. The molecule has 0 saturated carbocycles. The number of carboxylic acid groups (broad SMARTS) is 1. The highest BCUT2D eigenvalue weighted by Gasteiger charge is 2.16. The smallest absolute Gasteiger partial charge is 0.404 e. The molecule has 0 aliphatic carbocycles. The first-order valence-electron chi connectivity index (χ1n) is 3.87. The van der Waals surface area contributed by atoms with Crippen molar-refractivity contribution >= 4 is 38.9 Å². The van der Waals surface area contributed by atoms with E-state index in [4.69, 9.17) is 16.7 Å². The predicted molar refractivity (Wildman–Crippen MR) is 57.4 cm³/mol. The summed E-state index contributed by atoms with van der Waals surface area (Å²) in [5, 5.41) is 10.2. The van der Waals surface area contributed by atoms with E-state index in [1.165, 1.54) is 12.1 Å². The van der Waals surface area contributed by atoms with Crippen LogP contribution in [0.3, 0.4) is 0 Å². The molecule has 0 fully saturated rings. The summed E-state index contributed by atoms with van der Waals surface area (Å²) in [6.07, 6.45) is -1.24. The number of hydrogen-bond donors (Lipinski definition) is 2. The third-order valence-electron chi connectivity index (χ3n) is 1.50. The molecular weight excluding hydrogens is 262 g/mol. The molecule has 1 amide bonds. The van der Waals surface area contributed by atoms with E-state index in [0.717, 1.165) is 11.3 Å². The Balaban J connectivity index is 2.64. The highest BCUT2D eigenvalue weighted by molar-refractivity contribution is 7.93. The fraction of sp³-hybridized carbons (Fsp3) is 0.286. The number of thiophene rings is 1. The summed E-state index contributed by atoms with van der Waals surface area (Å²) in [4.78, 5) is 10.1. The molecule has 5 nitrogen and oxygen atoms in total. The van der Waals surface area contributed by atoms with Gasteiger partial charge in [0.1, 0.15) is 4.21 Å². The van der Waals surface area contributed by atoms with Crippen LogP contribution in [0.2, 0.25) is 4.34 Å². The van der Waals surface area contributed by atoms with Gasteiger partial charge in [-0.25, -0.2) is 13.2 Å². The van der Waals surface area contributed by atoms with Crippen LogP contribution in [-0.4, -0.2) is 31.9 Å². The Morgan fingerprint density at radius 2 is 2.20 bits per heavy atom. The van der Waals surface area contributed by atoms with Gasteiger partial charge < -0.3 is 10.4 Å². The average Bonchev–Trinajstić information content (AvgIpc) is 2.51. The van der Waals surface area contributed by atoms with Gasteiger partial charge in [-0.15, -0.1) is 11.3 Å². The van der Waals surface area contributed by atoms with Crippen molar-refractivity contribution in [1.29, 1.82) is 0 Å². The molecule has 1 rings (SSSR count). The molecule has 8 heteroatoms. The van der Waals surface area contributed by atoms with Gasteiger partial charge in [-0.3, -0.25) is 0 Å². The predicted octanol–water partition coefficient (Wildman–Crippen LogP) is 1.44. The Labute approximate surface area is 95.6 Å². The van der Waals surface area contributed by atoms with Gasteiger partial charge in [-0.1, -0.05) is 11.6 Å². The van der Waals surface area contributed by atoms with Crippen LogP contribution in [0.5, 0.6) is 0 Å². The van der Waals surface area contributed by atoms with E-state index in [1.54, 1.807) is 0 Å². The van der Waals surface area contributed by atoms with Crippen molar-refractivity contribution in [3.63, 3.8) is 0 Å². The molecule has 84 valence electrons. The number of sulfone groups is 1. The third-order valence-corrected chi connectivity index (χ3v) is 5.03. The minimum atomic E-state index is -3.43. The second-order valence-corrected chi connectivity index (χ2v) is 6.66. The summed E-state index contributed by atoms with van der Waals surface area (Å²) < 4.78 is 23.6. The minimum absolute atomic E-state index is 0.132. The molecule has 1 aromatic rings. The number of nitrogens with one attached hydrogen (secondary N) is 1. The van der Waals surface area contributed by atoms with Crippen molar-refractivity contribution < 1.29 is 18.3 Å². The van der Waals surface area contributed by atoms with Gasteiger partial charge in [0.2, 0.25) is 0 Å². The fourth-order valence-corrected chi connectivity index (χ4v) is 3.65. The van der Waals surface area contributed by atoms with E-state index in [2.05, 4.69) is 0 Å². The van der Waals surface area contributed by atoms with Crippen molar-refractivity contribution in [3.05, 3.63) is 16.5 Å². The lowest BCUT2D eigenvalue weighted by Crippen LogP contribution is -2.27. The van der Waals surface area contributed by atoms with E-state index in [-0.39, 0.29) is 16.5 Å². The molecule has 0 aliphatic rings. The lowest BCUT2D eigenvalue weighted by molar-refractivity contribution is 0.195. The highest BCUT2D eigenvalue weighted by Crippen LogP contribution is 2.26. The molecule has 0 atom stereocenters. The van der Waals surface area contributed by atoms with Crippen molar-refractivity contribution in [3.8, 4) is 0 Å². The van der Waals surface area contributed by atoms with Gasteiger partial charge in [-0.05, 0) is 12.1 Å². The van der Waals surface area contributed by atoms with Crippen LogP contribution in [-0.2, 0) is 9.84 Å². The lowest BCUT2D eigenvalue weighted by atomic mass is 10.7. The summed E-state index contributed by atoms with van der Waals surface area (Å²) in [5.74, 6) is -0.268. The van der Waals surface area contributed by atoms with Crippen LogP contribution < -0.4 is 5.32 Å². The molecule has 0 radical (unpaired) electrons. The zero-order valence-electron chi connectivity index (χ0n) is 7.44. The molecular formula is C7H8ClNO4S2. The number of hydrogen-bond acceptors (Lipinski definition) is 4. The van der Waals surface area contributed by atoms with Crippen molar-refractivity contribution in [1.82, 2.24) is 5.32 Å². The summed E-state index contributed by atoms with van der Waals surface area (Å²) in [6.45, 7) is -0.132. The normalized spacial score (nSPS) is 11.3. The number of amides is 1. The number of rotatable bonds is 4. The average molecular weight is 270 g/mol. The summed E-state index contributed by atoms with van der Waals surface area (Å²) >= 11 is 6.55. The standard InChI is InChI=1S/C7H8ClNO4S2/c8-5-1-2-6(14-5)15(12,13)4-3-9-7(10)11/h1-2,9H,3-4H2,(H,10,11). The van der Waals surface area contributed by atoms with Gasteiger partial charge in [0.25, 0.3) is 0 Å². The van der Waals surface area contributed by atoms with Crippen LogP contribution >= 0.6 is 22.9 Å². The van der Waals surface area contributed by atoms with Crippen LogP contribution in [0.1, 0.15) is 0 Å². The number of carbonyl (C=O) groups is 1. The maximum Gasteiger partial charge on any atom is 0.404 e. The highest BCUT2D eigenvalue weighted by atomic mass is 35.5. The van der Waals surface area contributed by atoms with Crippen molar-refractivity contribution in [2.24, 2.45) is 0 Å². The third kappa shape index (κ3) is 3.69. The molecule has 1 heterocycles. The Morgan fingerprint density at radius 1 is 1.53 bits per heavy atom. The maximum absolute atomic E-state index is 11.5. The topological polar surface area (TPSA) is 83.5 Å². The maximum atomic E-state index is 11.5. The van der Waals surface area contributed by atoms with Gasteiger partial charge in [0.15, 0.2) is 9.84 Å². The first-order chi connectivity index (χ1) is 6.92. The zero-order valence-corrected chi connectivity index (χ0v) is 9.82. The first kappa shape index (κ1) is 12.3. The van der Waals surface area contributed by atoms with Crippen LogP contribution in [0.4, 0.5) is 4.79 Å². The Kier molecular flexibility index (Phi) is 3.95. The summed E-state index contributed by atoms with van der Waals surface area (Å²) in [6, 6.07) is 2.90. The van der Waals surface area contributed by atoms with E-state index < -0.39 is 15.9 Å². The quantitative estimate of drug-likeness (QED) is 0.866. The van der Waals surface area contributed by atoms with Gasteiger partial charge in [-0.2, -0.15) is 0 Å². The Hall–Kier alpha value is -0.790. The minimum Gasteiger partial charge on any atom is -0.465 e. The number of halogens is 1. The van der Waals surface area contributed by atoms with Crippen LogP contribution in [0.25, 0.3) is 0 Å². The first-order valence-corrected chi connectivity index (χ1v) is 6.71. The van der Waals surface area contributed by atoms with E-state index in [9.17, 15) is 13.2 Å². The van der Waals surface area contributed by atoms with Gasteiger partial charge in [0, 0.05) is 6.54 Å². The fourth-order valence-electron chi connectivity index (χ4n) is 0.858. The Bertz CT molecular complexity index is 453. The van der Waals surface area contributed by atoms with E-state index >= 15 is 0 Å². The van der Waals surface area contributed by atoms with Crippen molar-refractivity contribution in [2.75, 3.05) is 12.3 Å². The van der Waals surface area contributed by atoms with Crippen LogP contribution in [0, 0.1) is 0 Å². The van der Waals surface area contributed by atoms with E-state index in [1.807, 2.05) is 5.32 Å². The molecule has 15 heavy (non-hydrogen) atoms. The van der Waals surface area contributed by atoms with E-state index in [0.29, 0.717) is 4.34 Å². The molecule has 2 N–H and O–H groups in total. The molecule has 0 aromatic carbocycles. The SMILES string of the molecule is O=C(O)NCCS(=O)(=O)c1ccc(Cl)s1. The lowest BCUT2D eigenvalue weighted by Gasteiger charge is -2.01.